The summed E-state index contributed by atoms with van der Waals surface area (Å²) in [5.74, 6) is -0.122. The highest BCUT2D eigenvalue weighted by atomic mass is 32.1. The Bertz CT molecular complexity index is 1370. The Morgan fingerprint density at radius 2 is 1.75 bits per heavy atom. The van der Waals surface area contributed by atoms with E-state index in [-0.39, 0.29) is 13.1 Å². The van der Waals surface area contributed by atoms with E-state index >= 15 is 0 Å². The quantitative estimate of drug-likeness (QED) is 0.465. The summed E-state index contributed by atoms with van der Waals surface area (Å²) in [4.78, 5) is 38.7. The summed E-state index contributed by atoms with van der Waals surface area (Å²) < 4.78 is 21.3. The molecule has 7 nitrogen and oxygen atoms in total. The lowest BCUT2D eigenvalue weighted by molar-refractivity contribution is -0.116. The Labute approximate surface area is 186 Å². The predicted molar refractivity (Wildman–Crippen MR) is 122 cm³/mol. The topological polar surface area (TPSA) is 82.3 Å². The number of hydrogen-bond acceptors (Lipinski definition) is 5. The van der Waals surface area contributed by atoms with Gasteiger partial charge in [-0.2, -0.15) is 0 Å². The minimum Gasteiger partial charge on any atom is -0.494 e. The van der Waals surface area contributed by atoms with Crippen LogP contribution in [-0.4, -0.2) is 21.6 Å². The largest absolute Gasteiger partial charge is 0.494 e. The molecule has 0 aliphatic heterocycles. The minimum atomic E-state index is -0.605. The van der Waals surface area contributed by atoms with Crippen molar-refractivity contribution in [2.75, 3.05) is 11.9 Å². The van der Waals surface area contributed by atoms with Crippen molar-refractivity contribution < 1.29 is 13.9 Å². The number of carbonyl (C=O) groups excluding carboxylic acids is 1. The zero-order valence-corrected chi connectivity index (χ0v) is 18.0. The van der Waals surface area contributed by atoms with E-state index in [0.29, 0.717) is 33.8 Å². The molecular weight excluding hydrogens is 433 g/mol. The molecule has 0 aliphatic carbocycles. The lowest BCUT2D eigenvalue weighted by Crippen LogP contribution is -2.41. The number of amides is 1. The van der Waals surface area contributed by atoms with Crippen molar-refractivity contribution >= 4 is 33.1 Å². The summed E-state index contributed by atoms with van der Waals surface area (Å²) in [6.07, 6.45) is 0. The fraction of sp³-hybridized carbons (Fsp3) is 0.174. The van der Waals surface area contributed by atoms with Crippen molar-refractivity contribution in [1.82, 2.24) is 9.13 Å². The second kappa shape index (κ2) is 9.19. The van der Waals surface area contributed by atoms with Crippen molar-refractivity contribution in [3.8, 4) is 5.75 Å². The highest BCUT2D eigenvalue weighted by Gasteiger charge is 2.17. The van der Waals surface area contributed by atoms with E-state index in [9.17, 15) is 18.8 Å². The molecule has 0 saturated carbocycles. The number of benzene rings is 2. The molecule has 9 heteroatoms. The molecule has 2 aromatic heterocycles. The molecule has 0 radical (unpaired) electrons. The van der Waals surface area contributed by atoms with E-state index in [1.807, 2.05) is 6.92 Å². The van der Waals surface area contributed by atoms with Gasteiger partial charge in [0.15, 0.2) is 0 Å². The van der Waals surface area contributed by atoms with E-state index < -0.39 is 23.0 Å². The van der Waals surface area contributed by atoms with Crippen LogP contribution in [-0.2, 0) is 17.9 Å². The Morgan fingerprint density at radius 3 is 2.44 bits per heavy atom. The van der Waals surface area contributed by atoms with Gasteiger partial charge < -0.3 is 10.1 Å². The van der Waals surface area contributed by atoms with Crippen LogP contribution in [0.4, 0.5) is 10.1 Å². The third-order valence-corrected chi connectivity index (χ3v) is 5.73. The molecule has 0 aliphatic rings. The minimum absolute atomic E-state index is 0.0215. The summed E-state index contributed by atoms with van der Waals surface area (Å²) in [5.41, 5.74) is 0.529. The van der Waals surface area contributed by atoms with Crippen LogP contribution < -0.4 is 21.3 Å². The van der Waals surface area contributed by atoms with Gasteiger partial charge in [-0.3, -0.25) is 18.7 Å². The molecule has 2 heterocycles. The van der Waals surface area contributed by atoms with E-state index in [1.54, 1.807) is 35.7 Å². The Morgan fingerprint density at radius 1 is 1.03 bits per heavy atom. The van der Waals surface area contributed by atoms with Crippen LogP contribution in [0.15, 0.2) is 69.6 Å². The maximum atomic E-state index is 13.2. The third-order valence-electron chi connectivity index (χ3n) is 4.84. The lowest BCUT2D eigenvalue weighted by Gasteiger charge is -2.13. The van der Waals surface area contributed by atoms with Gasteiger partial charge in [0.1, 0.15) is 22.8 Å². The number of thiophene rings is 1. The highest BCUT2D eigenvalue weighted by molar-refractivity contribution is 7.17. The molecule has 0 fully saturated rings. The number of rotatable bonds is 7. The molecule has 0 saturated heterocycles. The third kappa shape index (κ3) is 4.47. The van der Waals surface area contributed by atoms with E-state index in [4.69, 9.17) is 4.74 Å². The number of carbonyl (C=O) groups is 1. The lowest BCUT2D eigenvalue weighted by atomic mass is 10.2. The Hall–Kier alpha value is -3.72. The van der Waals surface area contributed by atoms with Gasteiger partial charge in [0.25, 0.3) is 5.56 Å². The summed E-state index contributed by atoms with van der Waals surface area (Å²) in [6, 6.07) is 14.1. The maximum absolute atomic E-state index is 13.2. The number of nitrogens with one attached hydrogen (secondary N) is 1. The standard InChI is InChI=1S/C23H20FN3O4S/c1-2-31-18-9-7-17(8-10-18)25-20(28)14-26-19-11-12-32-21(19)22(29)27(23(26)30)13-15-3-5-16(24)6-4-15/h3-12H,2,13-14H2,1H3,(H,25,28). The van der Waals surface area contributed by atoms with Crippen molar-refractivity contribution in [3.63, 3.8) is 0 Å². The van der Waals surface area contributed by atoms with Crippen LogP contribution in [0.25, 0.3) is 10.2 Å². The molecule has 0 unspecified atom stereocenters. The molecule has 0 bridgehead atoms. The zero-order valence-electron chi connectivity index (χ0n) is 17.2. The molecular formula is C23H20FN3O4S. The van der Waals surface area contributed by atoms with Crippen LogP contribution in [0.5, 0.6) is 5.75 Å². The molecule has 4 rings (SSSR count). The molecule has 1 amide bonds. The molecule has 32 heavy (non-hydrogen) atoms. The van der Waals surface area contributed by atoms with Crippen LogP contribution in [0.3, 0.4) is 0 Å². The number of aromatic nitrogens is 2. The van der Waals surface area contributed by atoms with Gasteiger partial charge in [0.2, 0.25) is 5.91 Å². The van der Waals surface area contributed by atoms with E-state index in [2.05, 4.69) is 5.32 Å². The van der Waals surface area contributed by atoms with Crippen molar-refractivity contribution in [1.29, 1.82) is 0 Å². The number of hydrogen-bond donors (Lipinski definition) is 1. The van der Waals surface area contributed by atoms with Gasteiger partial charge in [-0.15, -0.1) is 11.3 Å². The van der Waals surface area contributed by atoms with Crippen LogP contribution in [0, 0.1) is 5.82 Å². The first-order valence-electron chi connectivity index (χ1n) is 9.94. The van der Waals surface area contributed by atoms with Gasteiger partial charge in [-0.25, -0.2) is 9.18 Å². The molecule has 0 spiro atoms. The van der Waals surface area contributed by atoms with Crippen molar-refractivity contribution in [3.05, 3.63) is 92.2 Å². The predicted octanol–water partition coefficient (Wildman–Crippen LogP) is 3.45. The second-order valence-corrected chi connectivity index (χ2v) is 7.94. The summed E-state index contributed by atoms with van der Waals surface area (Å²) in [6.45, 7) is 2.14. The smallest absolute Gasteiger partial charge is 0.332 e. The number of ether oxygens (including phenoxy) is 1. The van der Waals surface area contributed by atoms with Gasteiger partial charge in [-0.05, 0) is 60.3 Å². The molecule has 2 aromatic carbocycles. The van der Waals surface area contributed by atoms with E-state index in [0.717, 1.165) is 4.57 Å². The first-order valence-corrected chi connectivity index (χ1v) is 10.8. The molecule has 4 aromatic rings. The van der Waals surface area contributed by atoms with Crippen molar-refractivity contribution in [2.45, 2.75) is 20.0 Å². The average molecular weight is 453 g/mol. The number of anilines is 1. The fourth-order valence-electron chi connectivity index (χ4n) is 3.34. The molecule has 0 atom stereocenters. The van der Waals surface area contributed by atoms with Gasteiger partial charge in [-0.1, -0.05) is 12.1 Å². The second-order valence-electron chi connectivity index (χ2n) is 7.03. The Balaban J connectivity index is 1.63. The molecule has 1 N–H and O–H groups in total. The van der Waals surface area contributed by atoms with E-state index in [1.165, 1.54) is 40.2 Å². The first kappa shape index (κ1) is 21.5. The fourth-order valence-corrected chi connectivity index (χ4v) is 4.19. The number of fused-ring (bicyclic) bond motifs is 1. The Kier molecular flexibility index (Phi) is 6.18. The number of nitrogens with zero attached hydrogens (tertiary/aromatic N) is 2. The maximum Gasteiger partial charge on any atom is 0.332 e. The summed E-state index contributed by atoms with van der Waals surface area (Å²) >= 11 is 1.20. The molecule has 164 valence electrons. The van der Waals surface area contributed by atoms with Crippen LogP contribution in [0.2, 0.25) is 0 Å². The number of halogens is 1. The first-order chi connectivity index (χ1) is 15.5. The van der Waals surface area contributed by atoms with Gasteiger partial charge in [0, 0.05) is 5.69 Å². The van der Waals surface area contributed by atoms with Crippen LogP contribution >= 0.6 is 11.3 Å². The summed E-state index contributed by atoms with van der Waals surface area (Å²) in [5, 5.41) is 4.46. The average Bonchev–Trinajstić information content (AvgIpc) is 3.27. The SMILES string of the molecule is CCOc1ccc(NC(=O)Cn2c(=O)n(Cc3ccc(F)cc3)c(=O)c3sccc32)cc1. The van der Waals surface area contributed by atoms with Gasteiger partial charge >= 0.3 is 5.69 Å². The van der Waals surface area contributed by atoms with Gasteiger partial charge in [0.05, 0.1) is 18.7 Å². The zero-order chi connectivity index (χ0) is 22.7. The normalized spacial score (nSPS) is 10.9. The monoisotopic (exact) mass is 453 g/mol. The van der Waals surface area contributed by atoms with Crippen LogP contribution in [0.1, 0.15) is 12.5 Å². The van der Waals surface area contributed by atoms with Crippen molar-refractivity contribution in [2.24, 2.45) is 0 Å². The summed E-state index contributed by atoms with van der Waals surface area (Å²) in [7, 11) is 0. The highest BCUT2D eigenvalue weighted by Crippen LogP contribution is 2.17.